The number of hydrogen-bond acceptors (Lipinski definition) is 5. The van der Waals surface area contributed by atoms with Gasteiger partial charge in [-0.25, -0.2) is 4.98 Å². The minimum Gasteiger partial charge on any atom is -0.508 e. The predicted molar refractivity (Wildman–Crippen MR) is 136 cm³/mol. The van der Waals surface area contributed by atoms with Crippen LogP contribution in [0.25, 0.3) is 0 Å². The van der Waals surface area contributed by atoms with Gasteiger partial charge in [0.25, 0.3) is 0 Å². The van der Waals surface area contributed by atoms with Gasteiger partial charge < -0.3 is 23.9 Å². The van der Waals surface area contributed by atoms with E-state index in [2.05, 4.69) is 19.1 Å². The highest BCUT2D eigenvalue weighted by molar-refractivity contribution is 5.30. The van der Waals surface area contributed by atoms with Crippen molar-refractivity contribution < 1.29 is 23.9 Å². The molecule has 1 aromatic heterocycles. The molecule has 6 heteroatoms. The molecule has 1 fully saturated rings. The lowest BCUT2D eigenvalue weighted by Gasteiger charge is -2.36. The average Bonchev–Trinajstić information content (AvgIpc) is 3.33. The molecular weight excluding hydrogens is 440 g/mol. The number of hydrogen-bond donors (Lipinski definition) is 2. The first-order valence-corrected chi connectivity index (χ1v) is 12.8. The monoisotopic (exact) mass is 479 g/mol. The fraction of sp³-hybridized carbons (Fsp3) is 0.483. The van der Waals surface area contributed by atoms with Crippen molar-refractivity contribution in [1.29, 1.82) is 0 Å². The number of ether oxygens (including phenoxy) is 1. The maximum atomic E-state index is 12.0. The fourth-order valence-electron chi connectivity index (χ4n) is 5.07. The summed E-state index contributed by atoms with van der Waals surface area (Å²) in [7, 11) is 4.30. The number of rotatable bonds is 11. The normalized spacial score (nSPS) is 16.8. The molecular formula is C29H39N2O4+. The third-order valence-corrected chi connectivity index (χ3v) is 7.19. The van der Waals surface area contributed by atoms with Crippen molar-refractivity contribution in [1.82, 2.24) is 4.98 Å². The van der Waals surface area contributed by atoms with Crippen molar-refractivity contribution in [3.05, 3.63) is 83.6 Å². The van der Waals surface area contributed by atoms with Gasteiger partial charge >= 0.3 is 0 Å². The van der Waals surface area contributed by atoms with Crippen LogP contribution in [0.1, 0.15) is 54.9 Å². The molecule has 0 saturated heterocycles. The number of likely N-dealkylation sites (N-methyl/N-ethyl adjacent to an activating group) is 1. The van der Waals surface area contributed by atoms with E-state index < -0.39 is 5.60 Å². The molecule has 188 valence electrons. The van der Waals surface area contributed by atoms with E-state index in [0.29, 0.717) is 30.1 Å². The first kappa shape index (κ1) is 25.4. The van der Waals surface area contributed by atoms with E-state index >= 15 is 0 Å². The third kappa shape index (κ3) is 6.51. The van der Waals surface area contributed by atoms with Gasteiger partial charge in [-0.2, -0.15) is 0 Å². The number of benzene rings is 2. The molecule has 2 N–H and O–H groups in total. The molecule has 1 atom stereocenters. The maximum absolute atomic E-state index is 12.0. The number of aromatic hydroxyl groups is 1. The van der Waals surface area contributed by atoms with E-state index in [0.717, 1.165) is 55.5 Å². The maximum Gasteiger partial charge on any atom is 0.231 e. The molecule has 1 saturated carbocycles. The highest BCUT2D eigenvalue weighted by Gasteiger charge is 2.44. The Bertz CT molecular complexity index is 1040. The summed E-state index contributed by atoms with van der Waals surface area (Å²) in [5, 5.41) is 21.4. The number of aromatic nitrogens is 1. The summed E-state index contributed by atoms with van der Waals surface area (Å²) in [4.78, 5) is 4.60. The highest BCUT2D eigenvalue weighted by atomic mass is 16.5. The number of phenols is 1. The molecule has 3 aromatic rings. The standard InChI is InChI=1S/C29H38N2O4/c1-31(2,18-20-34-19-17-23-13-15-26(32)16-14-23)22-27-21-30-28(35-27)29(33,24-9-5-3-6-10-24)25-11-7-4-8-12-25/h3,5-6,9-10,13-16,21,25,33H,4,7-8,11-12,17-20,22H2,1-2H3/p+1/t29-/m0/s1. The molecule has 0 amide bonds. The summed E-state index contributed by atoms with van der Waals surface area (Å²) >= 11 is 0. The van der Waals surface area contributed by atoms with Crippen molar-refractivity contribution in [2.24, 2.45) is 5.92 Å². The van der Waals surface area contributed by atoms with Gasteiger partial charge in [-0.3, -0.25) is 0 Å². The quantitative estimate of drug-likeness (QED) is 0.298. The van der Waals surface area contributed by atoms with Crippen LogP contribution in [0.4, 0.5) is 0 Å². The van der Waals surface area contributed by atoms with Crippen LogP contribution < -0.4 is 0 Å². The van der Waals surface area contributed by atoms with Gasteiger partial charge in [0.2, 0.25) is 5.89 Å². The molecule has 2 aromatic carbocycles. The number of quaternary nitrogens is 1. The summed E-state index contributed by atoms with van der Waals surface area (Å²) < 4.78 is 12.8. The van der Waals surface area contributed by atoms with E-state index in [1.165, 1.54) is 6.42 Å². The molecule has 4 rings (SSSR count). The van der Waals surface area contributed by atoms with Crippen LogP contribution in [0.2, 0.25) is 0 Å². The van der Waals surface area contributed by atoms with Gasteiger partial charge in [-0.1, -0.05) is 61.7 Å². The molecule has 1 heterocycles. The zero-order valence-electron chi connectivity index (χ0n) is 21.0. The molecule has 1 aliphatic carbocycles. The molecule has 0 bridgehead atoms. The number of phenolic OH excluding ortho intramolecular Hbond substituents is 1. The molecule has 35 heavy (non-hydrogen) atoms. The number of nitrogens with zero attached hydrogens (tertiary/aromatic N) is 2. The Balaban J connectivity index is 1.35. The van der Waals surface area contributed by atoms with E-state index in [4.69, 9.17) is 9.15 Å². The van der Waals surface area contributed by atoms with E-state index in [9.17, 15) is 10.2 Å². The average molecular weight is 480 g/mol. The fourth-order valence-corrected chi connectivity index (χ4v) is 5.07. The van der Waals surface area contributed by atoms with Gasteiger partial charge in [-0.05, 0) is 42.5 Å². The lowest BCUT2D eigenvalue weighted by molar-refractivity contribution is -0.904. The molecule has 0 spiro atoms. The molecule has 0 aliphatic heterocycles. The van der Waals surface area contributed by atoms with Gasteiger partial charge in [0, 0.05) is 5.92 Å². The Hall–Kier alpha value is -2.67. The SMILES string of the molecule is C[N+](C)(CCOCCc1ccc(O)cc1)Cc1cnc([C@](O)(c2ccccc2)C2CCCCC2)o1. The van der Waals surface area contributed by atoms with Gasteiger partial charge in [0.05, 0.1) is 33.5 Å². The van der Waals surface area contributed by atoms with Crippen molar-refractivity contribution in [3.8, 4) is 5.75 Å². The summed E-state index contributed by atoms with van der Waals surface area (Å²) in [6, 6.07) is 17.1. The second-order valence-electron chi connectivity index (χ2n) is 10.4. The Morgan fingerprint density at radius 3 is 2.43 bits per heavy atom. The van der Waals surface area contributed by atoms with Crippen molar-refractivity contribution in [2.45, 2.75) is 50.7 Å². The number of aliphatic hydroxyl groups is 1. The van der Waals surface area contributed by atoms with Crippen molar-refractivity contribution >= 4 is 0 Å². The van der Waals surface area contributed by atoms with Crippen LogP contribution >= 0.6 is 0 Å². The van der Waals surface area contributed by atoms with Crippen LogP contribution in [0, 0.1) is 5.92 Å². The topological polar surface area (TPSA) is 75.7 Å². The van der Waals surface area contributed by atoms with E-state index in [1.807, 2.05) is 42.5 Å². The van der Waals surface area contributed by atoms with Gasteiger partial charge in [0.1, 0.15) is 18.8 Å². The predicted octanol–water partition coefficient (Wildman–Crippen LogP) is 5.03. The van der Waals surface area contributed by atoms with Crippen LogP contribution in [-0.2, 0) is 23.3 Å². The Kier molecular flexibility index (Phi) is 8.26. The zero-order chi connectivity index (χ0) is 24.7. The largest absolute Gasteiger partial charge is 0.508 e. The Morgan fingerprint density at radius 2 is 1.71 bits per heavy atom. The van der Waals surface area contributed by atoms with Gasteiger partial charge in [-0.15, -0.1) is 0 Å². The number of oxazole rings is 1. The second-order valence-corrected chi connectivity index (χ2v) is 10.4. The second kappa shape index (κ2) is 11.4. The zero-order valence-corrected chi connectivity index (χ0v) is 21.0. The molecule has 0 unspecified atom stereocenters. The van der Waals surface area contributed by atoms with Crippen LogP contribution in [0.5, 0.6) is 5.75 Å². The molecule has 1 aliphatic rings. The Morgan fingerprint density at radius 1 is 1.00 bits per heavy atom. The first-order valence-electron chi connectivity index (χ1n) is 12.8. The minimum atomic E-state index is -1.20. The van der Waals surface area contributed by atoms with E-state index in [-0.39, 0.29) is 11.7 Å². The van der Waals surface area contributed by atoms with Crippen LogP contribution in [0.3, 0.4) is 0 Å². The first-order chi connectivity index (χ1) is 16.9. The lowest BCUT2D eigenvalue weighted by atomic mass is 9.73. The smallest absolute Gasteiger partial charge is 0.231 e. The summed E-state index contributed by atoms with van der Waals surface area (Å²) in [5.41, 5.74) is 0.805. The molecule has 0 radical (unpaired) electrons. The summed E-state index contributed by atoms with van der Waals surface area (Å²) in [5.74, 6) is 1.58. The van der Waals surface area contributed by atoms with Gasteiger partial charge in [0.15, 0.2) is 11.4 Å². The Labute approximate surface area is 208 Å². The van der Waals surface area contributed by atoms with E-state index in [1.54, 1.807) is 18.3 Å². The van der Waals surface area contributed by atoms with Crippen molar-refractivity contribution in [3.63, 3.8) is 0 Å². The lowest BCUT2D eigenvalue weighted by Crippen LogP contribution is -2.41. The summed E-state index contributed by atoms with van der Waals surface area (Å²) in [6.07, 6.45) is 8.03. The molecule has 6 nitrogen and oxygen atoms in total. The summed E-state index contributed by atoms with van der Waals surface area (Å²) in [6.45, 7) is 2.78. The van der Waals surface area contributed by atoms with Crippen molar-refractivity contribution in [2.75, 3.05) is 33.9 Å². The van der Waals surface area contributed by atoms with Crippen LogP contribution in [0.15, 0.2) is 65.2 Å². The third-order valence-electron chi connectivity index (χ3n) is 7.19. The highest BCUT2D eigenvalue weighted by Crippen LogP contribution is 2.43. The van der Waals surface area contributed by atoms with Crippen LogP contribution in [-0.4, -0.2) is 53.5 Å². The minimum absolute atomic E-state index is 0.106.